The van der Waals surface area contributed by atoms with Gasteiger partial charge in [0.05, 0.1) is 55.8 Å². The van der Waals surface area contributed by atoms with Crippen LogP contribution < -0.4 is 9.80 Å². The first-order chi connectivity index (χ1) is 39.5. The standard InChI is InChI=1S/C76H58N4/c1-47-29-33-55(34-30-47)77(69-43-53-23-11-9-21-51(53)41-61(69)49-17-5-3-6-18-49)67-39-37-57-63-45-72-64(46-71(63)79-65-27-15-13-25-59(65)73(67)75(57)79)58-38-40-68(74-60-26-14-16-28-66(60)80(72)76(58)74)78(56-35-31-48(2)32-36-56)70-44-54-24-12-10-22-52(54)42-62(70)50-19-7-4-8-20-50/h3-8,13-20,25-46H,9-12,21-24H2,1-2H3. The Morgan fingerprint density at radius 3 is 1.09 bits per heavy atom. The Kier molecular flexibility index (Phi) is 10.0. The van der Waals surface area contributed by atoms with Gasteiger partial charge in [-0.05, 0) is 184 Å². The summed E-state index contributed by atoms with van der Waals surface area (Å²) in [5.41, 5.74) is 28.1. The Morgan fingerprint density at radius 1 is 0.300 bits per heavy atom. The van der Waals surface area contributed by atoms with Gasteiger partial charge in [-0.25, -0.2) is 0 Å². The SMILES string of the molecule is Cc1ccc(N(c2cc3c(cc2-c2ccccc2)CCCC3)c2ccc3c4cc5c(cc4n4c6ccccc6c2c34)c2ccc(N(c3ccc(C)cc3)c3cc4c(cc3-c3ccccc3)CCCC4)c3c4ccccc4n5c23)cc1. The Balaban J connectivity index is 0.936. The van der Waals surface area contributed by atoms with E-state index in [1.807, 2.05) is 0 Å². The van der Waals surface area contributed by atoms with Crippen molar-refractivity contribution in [1.82, 2.24) is 8.80 Å². The van der Waals surface area contributed by atoms with Gasteiger partial charge in [-0.15, -0.1) is 0 Å². The van der Waals surface area contributed by atoms with E-state index in [1.54, 1.807) is 0 Å². The third-order valence-electron chi connectivity index (χ3n) is 18.4. The van der Waals surface area contributed by atoms with Crippen LogP contribution in [0.3, 0.4) is 0 Å². The topological polar surface area (TPSA) is 15.3 Å². The Labute approximate surface area is 465 Å². The first-order valence-electron chi connectivity index (χ1n) is 29.0. The molecule has 15 aromatic rings. The van der Waals surface area contributed by atoms with Crippen LogP contribution in [0.15, 0.2) is 218 Å². The summed E-state index contributed by atoms with van der Waals surface area (Å²) in [5, 5.41) is 10.2. The minimum absolute atomic E-state index is 1.11. The normalized spacial score (nSPS) is 13.7. The highest BCUT2D eigenvalue weighted by Crippen LogP contribution is 2.54. The number of nitrogens with zero attached hydrogens (tertiary/aromatic N) is 4. The van der Waals surface area contributed by atoms with Crippen LogP contribution in [0.5, 0.6) is 0 Å². The molecule has 4 heteroatoms. The van der Waals surface area contributed by atoms with E-state index < -0.39 is 0 Å². The summed E-state index contributed by atoms with van der Waals surface area (Å²) in [7, 11) is 0. The monoisotopic (exact) mass is 1030 g/mol. The summed E-state index contributed by atoms with van der Waals surface area (Å²) in [6.45, 7) is 4.38. The number of aryl methyl sites for hydroxylation is 6. The fraction of sp³-hybridized carbons (Fsp3) is 0.132. The Bertz CT molecular complexity index is 4630. The molecule has 0 radical (unpaired) electrons. The summed E-state index contributed by atoms with van der Waals surface area (Å²) < 4.78 is 5.18. The summed E-state index contributed by atoms with van der Waals surface area (Å²) in [6.07, 6.45) is 9.40. The second-order valence-electron chi connectivity index (χ2n) is 23.1. The lowest BCUT2D eigenvalue weighted by atomic mass is 9.87. The molecule has 2 aliphatic rings. The molecule has 0 saturated carbocycles. The van der Waals surface area contributed by atoms with Gasteiger partial charge in [-0.1, -0.05) is 145 Å². The molecule has 4 nitrogen and oxygen atoms in total. The molecular weight excluding hydrogens is 969 g/mol. The van der Waals surface area contributed by atoms with Gasteiger partial charge in [-0.3, -0.25) is 0 Å². The third kappa shape index (κ3) is 6.69. The minimum Gasteiger partial charge on any atom is -0.309 e. The number of para-hydroxylation sites is 2. The smallest absolute Gasteiger partial charge is 0.0641 e. The summed E-state index contributed by atoms with van der Waals surface area (Å²) in [5.74, 6) is 0. The number of fused-ring (bicyclic) bond motifs is 14. The molecule has 80 heavy (non-hydrogen) atoms. The maximum atomic E-state index is 2.59. The summed E-state index contributed by atoms with van der Waals surface area (Å²) in [4.78, 5) is 5.16. The van der Waals surface area contributed by atoms with E-state index in [4.69, 9.17) is 0 Å². The van der Waals surface area contributed by atoms with Crippen LogP contribution in [0.4, 0.5) is 34.1 Å². The zero-order valence-corrected chi connectivity index (χ0v) is 45.2. The van der Waals surface area contributed by atoms with Gasteiger partial charge >= 0.3 is 0 Å². The van der Waals surface area contributed by atoms with Crippen molar-refractivity contribution in [2.75, 3.05) is 9.80 Å². The molecule has 0 aliphatic heterocycles. The minimum atomic E-state index is 1.11. The molecule has 2 aliphatic carbocycles. The molecule has 17 rings (SSSR count). The molecular formula is C76H58N4. The molecule has 4 heterocycles. The highest BCUT2D eigenvalue weighted by molar-refractivity contribution is 6.32. The van der Waals surface area contributed by atoms with Crippen molar-refractivity contribution < 1.29 is 0 Å². The van der Waals surface area contributed by atoms with Crippen LogP contribution in [0.1, 0.15) is 59.1 Å². The van der Waals surface area contributed by atoms with Crippen molar-refractivity contribution in [2.45, 2.75) is 65.2 Å². The van der Waals surface area contributed by atoms with E-state index in [0.717, 1.165) is 37.1 Å². The molecule has 0 bridgehead atoms. The number of benzene rings is 11. The predicted octanol–water partition coefficient (Wildman–Crippen LogP) is 20.6. The highest BCUT2D eigenvalue weighted by Gasteiger charge is 2.30. The van der Waals surface area contributed by atoms with E-state index in [2.05, 4.69) is 251 Å². The second kappa shape index (κ2) is 17.6. The van der Waals surface area contributed by atoms with Gasteiger partial charge in [0, 0.05) is 65.6 Å². The van der Waals surface area contributed by atoms with Gasteiger partial charge in [0.1, 0.15) is 0 Å². The second-order valence-corrected chi connectivity index (χ2v) is 23.1. The van der Waals surface area contributed by atoms with Crippen molar-refractivity contribution in [1.29, 1.82) is 0 Å². The maximum absolute atomic E-state index is 2.59. The van der Waals surface area contributed by atoms with Crippen molar-refractivity contribution in [3.63, 3.8) is 0 Å². The van der Waals surface area contributed by atoms with Gasteiger partial charge in [0.15, 0.2) is 0 Å². The van der Waals surface area contributed by atoms with E-state index >= 15 is 0 Å². The van der Waals surface area contributed by atoms with Crippen molar-refractivity contribution in [3.05, 3.63) is 252 Å². The molecule has 0 fully saturated rings. The summed E-state index contributed by atoms with van der Waals surface area (Å²) in [6, 6.07) is 83.6. The molecule has 0 spiro atoms. The highest BCUT2D eigenvalue weighted by atomic mass is 15.2. The van der Waals surface area contributed by atoms with Gasteiger partial charge in [0.25, 0.3) is 0 Å². The maximum Gasteiger partial charge on any atom is 0.0641 e. The lowest BCUT2D eigenvalue weighted by molar-refractivity contribution is 0.686. The van der Waals surface area contributed by atoms with Crippen molar-refractivity contribution in [2.24, 2.45) is 0 Å². The lowest BCUT2D eigenvalue weighted by Gasteiger charge is -2.31. The van der Waals surface area contributed by atoms with Crippen LogP contribution in [0.2, 0.25) is 0 Å². The van der Waals surface area contributed by atoms with Crippen LogP contribution in [-0.4, -0.2) is 8.80 Å². The largest absolute Gasteiger partial charge is 0.309 e. The first-order valence-corrected chi connectivity index (χ1v) is 29.0. The van der Waals surface area contributed by atoms with E-state index in [-0.39, 0.29) is 0 Å². The van der Waals surface area contributed by atoms with Gasteiger partial charge in [0.2, 0.25) is 0 Å². The molecule has 0 atom stereocenters. The third-order valence-corrected chi connectivity index (χ3v) is 18.4. The number of rotatable bonds is 8. The number of anilines is 6. The van der Waals surface area contributed by atoms with Crippen LogP contribution in [0, 0.1) is 13.8 Å². The first kappa shape index (κ1) is 45.6. The zero-order valence-electron chi connectivity index (χ0n) is 45.2. The molecule has 0 unspecified atom stereocenters. The zero-order chi connectivity index (χ0) is 52.7. The fourth-order valence-electron chi connectivity index (χ4n) is 14.7. The Morgan fingerprint density at radius 2 is 0.675 bits per heavy atom. The quantitative estimate of drug-likeness (QED) is 0.151. The van der Waals surface area contributed by atoms with Gasteiger partial charge < -0.3 is 18.6 Å². The molecule has 0 N–H and O–H groups in total. The molecule has 0 saturated heterocycles. The Hall–Kier alpha value is -9.38. The van der Waals surface area contributed by atoms with E-state index in [9.17, 15) is 0 Å². The molecule has 11 aromatic carbocycles. The lowest BCUT2D eigenvalue weighted by Crippen LogP contribution is -2.14. The van der Waals surface area contributed by atoms with Gasteiger partial charge in [-0.2, -0.15) is 0 Å². The number of hydrogen-bond donors (Lipinski definition) is 0. The predicted molar refractivity (Wildman–Crippen MR) is 339 cm³/mol. The molecule has 382 valence electrons. The average molecular weight is 1030 g/mol. The van der Waals surface area contributed by atoms with Crippen LogP contribution in [-0.2, 0) is 25.7 Å². The van der Waals surface area contributed by atoms with Crippen LogP contribution >= 0.6 is 0 Å². The number of hydrogen-bond acceptors (Lipinski definition) is 2. The average Bonchev–Trinajstić information content (AvgIpc) is 4.43. The molecule has 0 amide bonds. The van der Waals surface area contributed by atoms with Crippen LogP contribution in [0.25, 0.3) is 98.4 Å². The molecule has 4 aromatic heterocycles. The summed E-state index contributed by atoms with van der Waals surface area (Å²) >= 11 is 0. The van der Waals surface area contributed by atoms with Crippen molar-refractivity contribution >= 4 is 110 Å². The number of aromatic nitrogens is 2. The van der Waals surface area contributed by atoms with E-state index in [0.29, 0.717) is 0 Å². The van der Waals surface area contributed by atoms with E-state index in [1.165, 1.54) is 180 Å². The fourth-order valence-corrected chi connectivity index (χ4v) is 14.7. The van der Waals surface area contributed by atoms with Crippen molar-refractivity contribution in [3.8, 4) is 22.3 Å².